The van der Waals surface area contributed by atoms with Crippen LogP contribution in [0.25, 0.3) is 11.0 Å². The van der Waals surface area contributed by atoms with Crippen molar-refractivity contribution in [3.63, 3.8) is 0 Å². The molecular weight excluding hydrogens is 302 g/mol. The smallest absolute Gasteiger partial charge is 0.295 e. The van der Waals surface area contributed by atoms with Crippen LogP contribution in [0.15, 0.2) is 33.9 Å². The Morgan fingerprint density at radius 2 is 2.09 bits per heavy atom. The minimum atomic E-state index is -0.414. The number of aromatic nitrogens is 3. The molecule has 7 heteroatoms. The highest BCUT2D eigenvalue weighted by Crippen LogP contribution is 2.18. The van der Waals surface area contributed by atoms with Crippen LogP contribution in [0.4, 0.5) is 0 Å². The second-order valence-electron chi connectivity index (χ2n) is 4.58. The van der Waals surface area contributed by atoms with Crippen molar-refractivity contribution in [3.05, 3.63) is 60.8 Å². The molecule has 0 radical (unpaired) electrons. The quantitative estimate of drug-likeness (QED) is 0.713. The van der Waals surface area contributed by atoms with Gasteiger partial charge in [-0.15, -0.1) is 0 Å². The van der Waals surface area contributed by atoms with Gasteiger partial charge in [-0.3, -0.25) is 9.59 Å². The van der Waals surface area contributed by atoms with Crippen LogP contribution in [0.1, 0.15) is 18.2 Å². The van der Waals surface area contributed by atoms with Crippen LogP contribution in [0.2, 0.25) is 0 Å². The lowest BCUT2D eigenvalue weighted by Gasteiger charge is -2.05. The van der Waals surface area contributed by atoms with Crippen LogP contribution in [0.3, 0.4) is 0 Å². The number of hydrogen-bond acceptors (Lipinski definition) is 6. The summed E-state index contributed by atoms with van der Waals surface area (Å²) in [5.74, 6) is 0.702. The summed E-state index contributed by atoms with van der Waals surface area (Å²) in [5.41, 5.74) is 0.297. The van der Waals surface area contributed by atoms with Gasteiger partial charge in [-0.05, 0) is 26.0 Å². The molecule has 3 rings (SSSR count). The van der Waals surface area contributed by atoms with Crippen LogP contribution in [0.5, 0.6) is 5.75 Å². The van der Waals surface area contributed by atoms with Crippen molar-refractivity contribution < 1.29 is 4.74 Å². The van der Waals surface area contributed by atoms with E-state index in [0.29, 0.717) is 21.8 Å². The average molecular weight is 315 g/mol. The molecule has 0 spiro atoms. The van der Waals surface area contributed by atoms with Crippen molar-refractivity contribution in [2.45, 2.75) is 13.8 Å². The van der Waals surface area contributed by atoms with E-state index in [2.05, 4.69) is 10.1 Å². The second kappa shape index (κ2) is 5.69. The number of fused-ring (bicyclic) bond motifs is 1. The van der Waals surface area contributed by atoms with Crippen molar-refractivity contribution >= 4 is 22.4 Å². The van der Waals surface area contributed by atoms with Gasteiger partial charge in [0.1, 0.15) is 11.4 Å². The third-order valence-corrected chi connectivity index (χ3v) is 4.01. The van der Waals surface area contributed by atoms with Crippen molar-refractivity contribution in [1.29, 1.82) is 0 Å². The van der Waals surface area contributed by atoms with E-state index in [0.717, 1.165) is 21.4 Å². The highest BCUT2D eigenvalue weighted by Gasteiger charge is 2.09. The fourth-order valence-corrected chi connectivity index (χ4v) is 2.91. The Bertz CT molecular complexity index is 1010. The maximum absolute atomic E-state index is 12.4. The molecule has 2 aromatic heterocycles. The lowest BCUT2D eigenvalue weighted by atomic mass is 10.2. The van der Waals surface area contributed by atoms with Crippen molar-refractivity contribution in [2.24, 2.45) is 0 Å². The van der Waals surface area contributed by atoms with Gasteiger partial charge in [0, 0.05) is 5.56 Å². The number of rotatable bonds is 3. The first kappa shape index (κ1) is 14.4. The number of thiazole rings is 1. The van der Waals surface area contributed by atoms with Crippen LogP contribution in [-0.4, -0.2) is 21.2 Å². The molecule has 0 aliphatic heterocycles. The Balaban J connectivity index is 2.25. The van der Waals surface area contributed by atoms with Gasteiger partial charge in [0.25, 0.3) is 11.1 Å². The third kappa shape index (κ3) is 2.50. The zero-order chi connectivity index (χ0) is 15.7. The SMILES string of the molecule is CCOc1ccccc1/C=c1/sc2nc(=O)c(C)nn2c1=O. The fraction of sp³-hybridized carbons (Fsp3) is 0.200. The zero-order valence-electron chi connectivity index (χ0n) is 12.1. The maximum Gasteiger partial charge on any atom is 0.295 e. The number of aryl methyl sites for hydroxylation is 1. The van der Waals surface area contributed by atoms with Gasteiger partial charge < -0.3 is 4.74 Å². The van der Waals surface area contributed by atoms with Crippen molar-refractivity contribution in [2.75, 3.05) is 6.61 Å². The van der Waals surface area contributed by atoms with Gasteiger partial charge >= 0.3 is 0 Å². The third-order valence-electron chi connectivity index (χ3n) is 3.05. The summed E-state index contributed by atoms with van der Waals surface area (Å²) in [7, 11) is 0. The first-order chi connectivity index (χ1) is 10.6. The van der Waals surface area contributed by atoms with E-state index < -0.39 is 5.56 Å². The Hall–Kier alpha value is -2.54. The summed E-state index contributed by atoms with van der Waals surface area (Å²) >= 11 is 1.13. The molecule has 0 fully saturated rings. The molecule has 0 amide bonds. The number of ether oxygens (including phenoxy) is 1. The molecular formula is C15H13N3O3S. The molecule has 0 saturated carbocycles. The minimum absolute atomic E-state index is 0.202. The predicted octanol–water partition coefficient (Wildman–Crippen LogP) is 0.766. The highest BCUT2D eigenvalue weighted by molar-refractivity contribution is 7.15. The van der Waals surface area contributed by atoms with Gasteiger partial charge in [-0.1, -0.05) is 29.5 Å². The molecule has 3 aromatic rings. The summed E-state index contributed by atoms with van der Waals surface area (Å²) in [6.45, 7) is 3.97. The fourth-order valence-electron chi connectivity index (χ4n) is 2.01. The number of nitrogens with zero attached hydrogens (tertiary/aromatic N) is 3. The van der Waals surface area contributed by atoms with E-state index >= 15 is 0 Å². The van der Waals surface area contributed by atoms with Crippen molar-refractivity contribution in [3.8, 4) is 5.75 Å². The van der Waals surface area contributed by atoms with Crippen LogP contribution in [-0.2, 0) is 0 Å². The molecule has 0 N–H and O–H groups in total. The molecule has 0 unspecified atom stereocenters. The molecule has 22 heavy (non-hydrogen) atoms. The monoisotopic (exact) mass is 315 g/mol. The van der Waals surface area contributed by atoms with Crippen molar-refractivity contribution in [1.82, 2.24) is 14.6 Å². The largest absolute Gasteiger partial charge is 0.493 e. The molecule has 1 aromatic carbocycles. The Labute approximate surface area is 129 Å². The Morgan fingerprint density at radius 1 is 1.32 bits per heavy atom. The van der Waals surface area contributed by atoms with Crippen LogP contribution < -0.4 is 20.4 Å². The van der Waals surface area contributed by atoms with Gasteiger partial charge in [0.05, 0.1) is 11.1 Å². The number of benzene rings is 1. The Kier molecular flexibility index (Phi) is 3.72. The van der Waals surface area contributed by atoms with E-state index in [4.69, 9.17) is 4.74 Å². The molecule has 0 aliphatic carbocycles. The molecule has 0 atom stereocenters. The molecule has 0 saturated heterocycles. The molecule has 112 valence electrons. The van der Waals surface area contributed by atoms with Crippen LogP contribution >= 0.6 is 11.3 Å². The standard InChI is InChI=1S/C15H13N3O3S/c1-3-21-11-7-5-4-6-10(11)8-12-14(20)18-15(22-12)16-13(19)9(2)17-18/h4-8H,3H2,1-2H3/b12-8+. The summed E-state index contributed by atoms with van der Waals surface area (Å²) in [6, 6.07) is 7.45. The average Bonchev–Trinajstić information content (AvgIpc) is 2.78. The molecule has 6 nitrogen and oxygen atoms in total. The summed E-state index contributed by atoms with van der Waals surface area (Å²) in [5, 5.41) is 3.98. The lowest BCUT2D eigenvalue weighted by Crippen LogP contribution is -2.27. The summed E-state index contributed by atoms with van der Waals surface area (Å²) in [4.78, 5) is 28.1. The number of para-hydroxylation sites is 1. The topological polar surface area (TPSA) is 73.6 Å². The van der Waals surface area contributed by atoms with Gasteiger partial charge in [0.2, 0.25) is 4.96 Å². The lowest BCUT2D eigenvalue weighted by molar-refractivity contribution is 0.339. The van der Waals surface area contributed by atoms with E-state index in [9.17, 15) is 9.59 Å². The van der Waals surface area contributed by atoms with E-state index in [-0.39, 0.29) is 11.3 Å². The van der Waals surface area contributed by atoms with E-state index in [1.165, 1.54) is 6.92 Å². The molecule has 0 aliphatic rings. The maximum atomic E-state index is 12.4. The normalized spacial score (nSPS) is 12.0. The van der Waals surface area contributed by atoms with Gasteiger partial charge in [-0.25, -0.2) is 0 Å². The predicted molar refractivity (Wildman–Crippen MR) is 84.5 cm³/mol. The second-order valence-corrected chi connectivity index (χ2v) is 5.59. The first-order valence-corrected chi connectivity index (χ1v) is 7.56. The van der Waals surface area contributed by atoms with E-state index in [1.54, 1.807) is 6.08 Å². The number of hydrogen-bond donors (Lipinski definition) is 0. The van der Waals surface area contributed by atoms with Crippen LogP contribution in [0, 0.1) is 6.92 Å². The van der Waals surface area contributed by atoms with Gasteiger partial charge in [-0.2, -0.15) is 14.6 Å². The minimum Gasteiger partial charge on any atom is -0.493 e. The first-order valence-electron chi connectivity index (χ1n) is 6.74. The zero-order valence-corrected chi connectivity index (χ0v) is 12.9. The summed E-state index contributed by atoms with van der Waals surface area (Å²) in [6.07, 6.45) is 1.73. The molecule has 0 bridgehead atoms. The molecule has 2 heterocycles. The van der Waals surface area contributed by atoms with E-state index in [1.807, 2.05) is 31.2 Å². The highest BCUT2D eigenvalue weighted by atomic mass is 32.1. The van der Waals surface area contributed by atoms with Gasteiger partial charge in [0.15, 0.2) is 0 Å². The summed E-state index contributed by atoms with van der Waals surface area (Å²) < 4.78 is 7.16. The Morgan fingerprint density at radius 3 is 2.86 bits per heavy atom.